The Balaban J connectivity index is 1.42. The fourth-order valence-corrected chi connectivity index (χ4v) is 4.49. The molecule has 0 N–H and O–H groups in total. The van der Waals surface area contributed by atoms with Crippen LogP contribution in [0.5, 0.6) is 0 Å². The lowest BCUT2D eigenvalue weighted by Gasteiger charge is -2.10. The average molecular weight is 436 g/mol. The molecule has 0 aliphatic rings. The zero-order valence-corrected chi connectivity index (χ0v) is 17.7. The van der Waals surface area contributed by atoms with Crippen molar-refractivity contribution in [2.75, 3.05) is 0 Å². The minimum Gasteiger partial charge on any atom is -0.467 e. The molecule has 4 heterocycles. The van der Waals surface area contributed by atoms with Gasteiger partial charge in [0.05, 0.1) is 23.4 Å². The zero-order valence-electron chi connectivity index (χ0n) is 16.1. The molecule has 0 amide bonds. The van der Waals surface area contributed by atoms with Crippen LogP contribution in [-0.2, 0) is 12.3 Å². The van der Waals surface area contributed by atoms with Gasteiger partial charge in [-0.1, -0.05) is 47.3 Å². The van der Waals surface area contributed by atoms with Gasteiger partial charge in [0.15, 0.2) is 16.8 Å². The second kappa shape index (κ2) is 8.29. The van der Waals surface area contributed by atoms with Gasteiger partial charge in [0.2, 0.25) is 0 Å². The largest absolute Gasteiger partial charge is 0.467 e. The topological polar surface area (TPSA) is 82.8 Å². The van der Waals surface area contributed by atoms with Gasteiger partial charge in [0.1, 0.15) is 5.76 Å². The molecule has 0 atom stereocenters. The SMILES string of the molecule is Cc1ccccc1-c1nnc(SCc2noc(-c3cccs3)n2)n1Cc1ccco1. The van der Waals surface area contributed by atoms with Crippen molar-refractivity contribution in [3.63, 3.8) is 0 Å². The maximum absolute atomic E-state index is 5.57. The van der Waals surface area contributed by atoms with E-state index in [1.54, 1.807) is 17.6 Å². The summed E-state index contributed by atoms with van der Waals surface area (Å²) >= 11 is 3.09. The van der Waals surface area contributed by atoms with E-state index < -0.39 is 0 Å². The normalized spacial score (nSPS) is 11.2. The quantitative estimate of drug-likeness (QED) is 0.321. The highest BCUT2D eigenvalue weighted by atomic mass is 32.2. The number of hydrogen-bond acceptors (Lipinski definition) is 8. The fourth-order valence-electron chi connectivity index (χ4n) is 3.06. The van der Waals surface area contributed by atoms with Crippen molar-refractivity contribution in [3.05, 3.63) is 77.3 Å². The summed E-state index contributed by atoms with van der Waals surface area (Å²) in [5.41, 5.74) is 2.18. The summed E-state index contributed by atoms with van der Waals surface area (Å²) in [5.74, 6) is 3.33. The predicted molar refractivity (Wildman–Crippen MR) is 115 cm³/mol. The van der Waals surface area contributed by atoms with Crippen LogP contribution in [0.1, 0.15) is 17.1 Å². The summed E-state index contributed by atoms with van der Waals surface area (Å²) in [6.07, 6.45) is 1.67. The molecular weight excluding hydrogens is 418 g/mol. The number of hydrogen-bond donors (Lipinski definition) is 0. The minimum atomic E-state index is 0.527. The molecule has 1 aromatic carbocycles. The number of aromatic nitrogens is 5. The first-order valence-corrected chi connectivity index (χ1v) is 11.2. The average Bonchev–Trinajstić information content (AvgIpc) is 3.55. The highest BCUT2D eigenvalue weighted by molar-refractivity contribution is 7.98. The van der Waals surface area contributed by atoms with Crippen LogP contribution in [-0.4, -0.2) is 24.9 Å². The Labute approximate surface area is 180 Å². The Morgan fingerprint density at radius 1 is 1.07 bits per heavy atom. The second-order valence-corrected chi connectivity index (χ2v) is 8.46. The zero-order chi connectivity index (χ0) is 20.3. The molecule has 150 valence electrons. The van der Waals surface area contributed by atoms with E-state index >= 15 is 0 Å². The number of nitrogens with zero attached hydrogens (tertiary/aromatic N) is 5. The fraction of sp³-hybridized carbons (Fsp3) is 0.143. The Kier molecular flexibility index (Phi) is 5.20. The first-order valence-electron chi connectivity index (χ1n) is 9.29. The van der Waals surface area contributed by atoms with Gasteiger partial charge >= 0.3 is 0 Å². The minimum absolute atomic E-state index is 0.527. The molecule has 0 aliphatic heterocycles. The molecule has 30 heavy (non-hydrogen) atoms. The molecule has 0 saturated heterocycles. The van der Waals surface area contributed by atoms with Crippen molar-refractivity contribution >= 4 is 23.1 Å². The first kappa shape index (κ1) is 18.8. The van der Waals surface area contributed by atoms with E-state index in [4.69, 9.17) is 8.94 Å². The van der Waals surface area contributed by atoms with Crippen molar-refractivity contribution in [3.8, 4) is 22.2 Å². The molecular formula is C21H17N5O2S2. The van der Waals surface area contributed by atoms with Crippen LogP contribution in [0.15, 0.2) is 74.3 Å². The molecule has 0 saturated carbocycles. The van der Waals surface area contributed by atoms with Crippen molar-refractivity contribution in [1.82, 2.24) is 24.9 Å². The summed E-state index contributed by atoms with van der Waals surface area (Å²) in [6, 6.07) is 15.9. The Morgan fingerprint density at radius 3 is 2.80 bits per heavy atom. The summed E-state index contributed by atoms with van der Waals surface area (Å²) < 4.78 is 13.0. The van der Waals surface area contributed by atoms with Crippen LogP contribution < -0.4 is 0 Å². The lowest BCUT2D eigenvalue weighted by atomic mass is 10.1. The van der Waals surface area contributed by atoms with E-state index in [0.717, 1.165) is 32.7 Å². The van der Waals surface area contributed by atoms with Gasteiger partial charge in [-0.05, 0) is 36.1 Å². The number of thioether (sulfide) groups is 1. The number of thiophene rings is 1. The Bertz CT molecular complexity index is 1240. The van der Waals surface area contributed by atoms with Crippen LogP contribution in [0, 0.1) is 6.92 Å². The molecule has 0 fully saturated rings. The van der Waals surface area contributed by atoms with E-state index in [9.17, 15) is 0 Å². The summed E-state index contributed by atoms with van der Waals surface area (Å²) in [4.78, 5) is 5.45. The maximum atomic E-state index is 5.57. The van der Waals surface area contributed by atoms with Crippen LogP contribution in [0.4, 0.5) is 0 Å². The van der Waals surface area contributed by atoms with E-state index in [2.05, 4.69) is 44.0 Å². The predicted octanol–water partition coefficient (Wildman–Crippen LogP) is 5.30. The number of benzene rings is 1. The van der Waals surface area contributed by atoms with Crippen molar-refractivity contribution < 1.29 is 8.94 Å². The number of furan rings is 1. The van der Waals surface area contributed by atoms with E-state index in [-0.39, 0.29) is 0 Å². The first-order chi connectivity index (χ1) is 14.8. The molecule has 0 radical (unpaired) electrons. The van der Waals surface area contributed by atoms with E-state index in [1.165, 1.54) is 11.8 Å². The molecule has 9 heteroatoms. The Morgan fingerprint density at radius 2 is 2.00 bits per heavy atom. The molecule has 7 nitrogen and oxygen atoms in total. The third kappa shape index (κ3) is 3.81. The molecule has 0 spiro atoms. The van der Waals surface area contributed by atoms with E-state index in [1.807, 2.05) is 41.8 Å². The van der Waals surface area contributed by atoms with Gasteiger partial charge in [-0.3, -0.25) is 4.57 Å². The van der Waals surface area contributed by atoms with Crippen molar-refractivity contribution in [1.29, 1.82) is 0 Å². The molecule has 0 aliphatic carbocycles. The van der Waals surface area contributed by atoms with Gasteiger partial charge in [-0.15, -0.1) is 21.5 Å². The van der Waals surface area contributed by atoms with Crippen LogP contribution in [0.3, 0.4) is 0 Å². The Hall–Kier alpha value is -3.17. The maximum Gasteiger partial charge on any atom is 0.268 e. The molecule has 0 unspecified atom stereocenters. The highest BCUT2D eigenvalue weighted by Crippen LogP contribution is 2.29. The number of aryl methyl sites for hydroxylation is 1. The third-order valence-electron chi connectivity index (χ3n) is 4.53. The summed E-state index contributed by atoms with van der Waals surface area (Å²) in [6.45, 7) is 2.61. The van der Waals surface area contributed by atoms with Gasteiger partial charge in [-0.25, -0.2) is 0 Å². The van der Waals surface area contributed by atoms with Crippen LogP contribution in [0.2, 0.25) is 0 Å². The molecule has 5 rings (SSSR count). The highest BCUT2D eigenvalue weighted by Gasteiger charge is 2.18. The lowest BCUT2D eigenvalue weighted by molar-refractivity contribution is 0.426. The molecule has 5 aromatic rings. The van der Waals surface area contributed by atoms with Crippen molar-refractivity contribution in [2.45, 2.75) is 24.4 Å². The van der Waals surface area contributed by atoms with Crippen LogP contribution >= 0.6 is 23.1 Å². The smallest absolute Gasteiger partial charge is 0.268 e. The number of rotatable bonds is 7. The van der Waals surface area contributed by atoms with Gasteiger partial charge in [0.25, 0.3) is 5.89 Å². The van der Waals surface area contributed by atoms with Gasteiger partial charge in [0, 0.05) is 5.56 Å². The van der Waals surface area contributed by atoms with Crippen LogP contribution in [0.25, 0.3) is 22.2 Å². The van der Waals surface area contributed by atoms with Gasteiger partial charge in [-0.2, -0.15) is 4.98 Å². The monoisotopic (exact) mass is 435 g/mol. The second-order valence-electron chi connectivity index (χ2n) is 6.57. The molecule has 4 aromatic heterocycles. The molecule has 0 bridgehead atoms. The lowest BCUT2D eigenvalue weighted by Crippen LogP contribution is -2.04. The van der Waals surface area contributed by atoms with E-state index in [0.29, 0.717) is 24.0 Å². The third-order valence-corrected chi connectivity index (χ3v) is 6.35. The summed E-state index contributed by atoms with van der Waals surface area (Å²) in [7, 11) is 0. The van der Waals surface area contributed by atoms with Gasteiger partial charge < -0.3 is 8.94 Å². The standard InChI is InChI=1S/C21H17N5O2S2/c1-14-6-2-3-8-16(14)19-23-24-21(26(19)12-15-7-4-10-27-15)30-13-18-22-20(28-25-18)17-9-5-11-29-17/h2-11H,12-13H2,1H3. The van der Waals surface area contributed by atoms with Crippen molar-refractivity contribution in [2.24, 2.45) is 0 Å². The summed E-state index contributed by atoms with van der Waals surface area (Å²) in [5, 5.41) is 15.8.